The quantitative estimate of drug-likeness (QED) is 0.103. The van der Waals surface area contributed by atoms with Crippen LogP contribution < -0.4 is 20.3 Å². The molecule has 0 bridgehead atoms. The van der Waals surface area contributed by atoms with Crippen LogP contribution in [0.25, 0.3) is 0 Å². The number of aliphatic hydroxyl groups is 1. The van der Waals surface area contributed by atoms with Crippen LogP contribution in [0.2, 0.25) is 0 Å². The highest BCUT2D eigenvalue weighted by Crippen LogP contribution is 2.43. The van der Waals surface area contributed by atoms with Crippen LogP contribution in [-0.4, -0.2) is 49.3 Å². The molecule has 0 spiro atoms. The summed E-state index contributed by atoms with van der Waals surface area (Å²) in [6.45, 7) is 1.00. The number of carbonyl (C=O) groups is 1. The van der Waals surface area contributed by atoms with Gasteiger partial charge in [-0.15, -0.1) is 0 Å². The maximum atomic E-state index is 14.3. The second kappa shape index (κ2) is 15.5. The first-order chi connectivity index (χ1) is 21.9. The molecule has 5 rings (SSSR count). The Morgan fingerprint density at radius 1 is 0.889 bits per heavy atom. The number of hydrogen-bond acceptors (Lipinski definition) is 7. The minimum atomic E-state index is -1.32. The molecule has 1 heterocycles. The molecule has 10 heteroatoms. The lowest BCUT2D eigenvalue weighted by Crippen LogP contribution is -2.54. The zero-order chi connectivity index (χ0) is 31.6. The Balaban J connectivity index is 1.45. The van der Waals surface area contributed by atoms with E-state index in [1.165, 1.54) is 0 Å². The third-order valence-corrected chi connectivity index (χ3v) is 8.55. The van der Waals surface area contributed by atoms with Gasteiger partial charge in [0.2, 0.25) is 5.90 Å². The van der Waals surface area contributed by atoms with Crippen molar-refractivity contribution in [2.75, 3.05) is 26.9 Å². The zero-order valence-electron chi connectivity index (χ0n) is 24.8. The molecule has 1 amide bonds. The number of nitrogens with one attached hydrogen (secondary N) is 2. The fourth-order valence-corrected chi connectivity index (χ4v) is 5.61. The highest BCUT2D eigenvalue weighted by Gasteiger charge is 2.53. The van der Waals surface area contributed by atoms with E-state index in [1.807, 2.05) is 97.1 Å². The topological polar surface area (TPSA) is 101 Å². The van der Waals surface area contributed by atoms with Crippen LogP contribution in [0.15, 0.2) is 111 Å². The minimum absolute atomic E-state index is 0.0685. The lowest BCUT2D eigenvalue weighted by Gasteiger charge is -2.31. The van der Waals surface area contributed by atoms with E-state index in [4.69, 9.17) is 24.3 Å². The fraction of sp³-hybridized carbons (Fsp3) is 0.257. The standard InChI is InChI=1S/C35H35Br2N3O5/c1-43-30-15-5-24(6-16-30)19-20-38-40-34(42)35(23-25-3-11-28(36)12-4-25)32(26-7-13-29(37)14-8-26)45-33(39-35)27-9-17-31(18-10-27)44-22-2-21-41/h3-18,32,38,41H,2,19-23H2,1H3,(H,40,42)/t32-,35-/m0/s1. The van der Waals surface area contributed by atoms with E-state index in [-0.39, 0.29) is 12.5 Å². The van der Waals surface area contributed by atoms with Crippen molar-refractivity contribution in [2.45, 2.75) is 30.9 Å². The molecule has 4 aromatic rings. The van der Waals surface area contributed by atoms with Crippen molar-refractivity contribution in [1.82, 2.24) is 10.9 Å². The first-order valence-corrected chi connectivity index (χ1v) is 16.3. The monoisotopic (exact) mass is 735 g/mol. The number of aliphatic hydroxyl groups excluding tert-OH is 1. The molecule has 3 N–H and O–H groups in total. The number of hydrazine groups is 1. The Morgan fingerprint density at radius 3 is 2.16 bits per heavy atom. The van der Waals surface area contributed by atoms with Gasteiger partial charge in [0, 0.05) is 40.5 Å². The predicted octanol–water partition coefficient (Wildman–Crippen LogP) is 6.34. The van der Waals surface area contributed by atoms with E-state index >= 15 is 0 Å². The molecule has 1 aliphatic rings. The van der Waals surface area contributed by atoms with E-state index in [1.54, 1.807) is 7.11 Å². The van der Waals surface area contributed by atoms with Crippen LogP contribution in [0.5, 0.6) is 11.5 Å². The number of hydrogen-bond donors (Lipinski definition) is 3. The van der Waals surface area contributed by atoms with E-state index in [9.17, 15) is 4.79 Å². The van der Waals surface area contributed by atoms with Crippen molar-refractivity contribution in [3.63, 3.8) is 0 Å². The molecule has 2 atom stereocenters. The molecule has 0 fully saturated rings. The van der Waals surface area contributed by atoms with Crippen molar-refractivity contribution in [1.29, 1.82) is 0 Å². The molecule has 0 aliphatic carbocycles. The van der Waals surface area contributed by atoms with Crippen molar-refractivity contribution in [3.05, 3.63) is 128 Å². The molecule has 0 aromatic heterocycles. The predicted molar refractivity (Wildman–Crippen MR) is 182 cm³/mol. The van der Waals surface area contributed by atoms with Crippen molar-refractivity contribution < 1.29 is 24.1 Å². The van der Waals surface area contributed by atoms with Gasteiger partial charge in [-0.25, -0.2) is 10.4 Å². The first kappa shape index (κ1) is 32.7. The summed E-state index contributed by atoms with van der Waals surface area (Å²) >= 11 is 7.04. The fourth-order valence-electron chi connectivity index (χ4n) is 5.08. The summed E-state index contributed by atoms with van der Waals surface area (Å²) in [6.07, 6.45) is 0.860. The van der Waals surface area contributed by atoms with Crippen LogP contribution in [0, 0.1) is 0 Å². The SMILES string of the molecule is COc1ccc(CCNNC(=O)[C@@]2(Cc3ccc(Br)cc3)N=C(c3ccc(OCCCO)cc3)O[C@H]2c2ccc(Br)cc2)cc1. The Kier molecular flexibility index (Phi) is 11.3. The zero-order valence-corrected chi connectivity index (χ0v) is 28.0. The number of ether oxygens (including phenoxy) is 3. The minimum Gasteiger partial charge on any atom is -0.497 e. The molecule has 0 saturated heterocycles. The summed E-state index contributed by atoms with van der Waals surface area (Å²) in [7, 11) is 1.64. The third kappa shape index (κ3) is 8.32. The summed E-state index contributed by atoms with van der Waals surface area (Å²) in [4.78, 5) is 19.4. The van der Waals surface area contributed by atoms with Gasteiger partial charge in [0.05, 0.1) is 13.7 Å². The summed E-state index contributed by atoms with van der Waals surface area (Å²) in [5, 5.41) is 9.06. The molecule has 234 valence electrons. The van der Waals surface area contributed by atoms with E-state index < -0.39 is 11.6 Å². The first-order valence-electron chi connectivity index (χ1n) is 14.7. The lowest BCUT2D eigenvalue weighted by atomic mass is 9.82. The Hall–Kier alpha value is -3.70. The number of carbonyl (C=O) groups excluding carboxylic acids is 1. The van der Waals surface area contributed by atoms with E-state index in [0.29, 0.717) is 44.1 Å². The van der Waals surface area contributed by atoms with Crippen LogP contribution in [0.4, 0.5) is 0 Å². The number of amides is 1. The van der Waals surface area contributed by atoms with Gasteiger partial charge in [0.15, 0.2) is 11.6 Å². The Labute approximate surface area is 280 Å². The van der Waals surface area contributed by atoms with Gasteiger partial charge in [-0.3, -0.25) is 10.2 Å². The Morgan fingerprint density at radius 2 is 1.51 bits per heavy atom. The van der Waals surface area contributed by atoms with Crippen LogP contribution >= 0.6 is 31.9 Å². The number of nitrogens with zero attached hydrogens (tertiary/aromatic N) is 1. The van der Waals surface area contributed by atoms with E-state index in [2.05, 4.69) is 42.7 Å². The van der Waals surface area contributed by atoms with E-state index in [0.717, 1.165) is 36.9 Å². The van der Waals surface area contributed by atoms with Gasteiger partial charge in [-0.05, 0) is 83.8 Å². The maximum absolute atomic E-state index is 14.3. The molecule has 8 nitrogen and oxygen atoms in total. The lowest BCUT2D eigenvalue weighted by molar-refractivity contribution is -0.130. The normalized spacial score (nSPS) is 17.3. The van der Waals surface area contributed by atoms with Crippen LogP contribution in [-0.2, 0) is 22.4 Å². The summed E-state index contributed by atoms with van der Waals surface area (Å²) in [5.74, 6) is 1.55. The molecule has 45 heavy (non-hydrogen) atoms. The van der Waals surface area contributed by atoms with Crippen molar-refractivity contribution in [3.8, 4) is 11.5 Å². The smallest absolute Gasteiger partial charge is 0.266 e. The highest BCUT2D eigenvalue weighted by molar-refractivity contribution is 9.10. The molecule has 0 unspecified atom stereocenters. The highest BCUT2D eigenvalue weighted by atomic mass is 79.9. The van der Waals surface area contributed by atoms with Gasteiger partial charge < -0.3 is 19.3 Å². The molecule has 0 radical (unpaired) electrons. The second-order valence-electron chi connectivity index (χ2n) is 10.6. The molecule has 4 aromatic carbocycles. The number of rotatable bonds is 14. The van der Waals surface area contributed by atoms with Gasteiger partial charge in [0.1, 0.15) is 11.5 Å². The van der Waals surface area contributed by atoms with Crippen LogP contribution in [0.1, 0.15) is 34.8 Å². The third-order valence-electron chi connectivity index (χ3n) is 7.49. The summed E-state index contributed by atoms with van der Waals surface area (Å²) in [6, 6.07) is 30.9. The number of methoxy groups -OCH3 is 1. The molecule has 1 aliphatic heterocycles. The number of halogens is 2. The van der Waals surface area contributed by atoms with Gasteiger partial charge in [0.25, 0.3) is 5.91 Å². The molecular weight excluding hydrogens is 702 g/mol. The molecule has 0 saturated carbocycles. The van der Waals surface area contributed by atoms with Crippen molar-refractivity contribution >= 4 is 43.7 Å². The largest absolute Gasteiger partial charge is 0.497 e. The average Bonchev–Trinajstić information content (AvgIpc) is 3.45. The van der Waals surface area contributed by atoms with Crippen LogP contribution in [0.3, 0.4) is 0 Å². The Bertz CT molecular complexity index is 1580. The maximum Gasteiger partial charge on any atom is 0.266 e. The summed E-state index contributed by atoms with van der Waals surface area (Å²) < 4.78 is 19.4. The number of benzene rings is 4. The summed E-state index contributed by atoms with van der Waals surface area (Å²) in [5.41, 5.74) is 8.36. The van der Waals surface area contributed by atoms with Gasteiger partial charge in [-0.2, -0.15) is 0 Å². The van der Waals surface area contributed by atoms with Crippen molar-refractivity contribution in [2.24, 2.45) is 4.99 Å². The average molecular weight is 737 g/mol. The number of aliphatic imine (C=N–C) groups is 1. The second-order valence-corrected chi connectivity index (χ2v) is 12.5. The molecular formula is C35H35Br2N3O5. The van der Waals surface area contributed by atoms with Gasteiger partial charge in [-0.1, -0.05) is 68.3 Å². The van der Waals surface area contributed by atoms with Gasteiger partial charge >= 0.3 is 0 Å².